The highest BCUT2D eigenvalue weighted by Gasteiger charge is 2.34. The third-order valence-electron chi connectivity index (χ3n) is 6.06. The summed E-state index contributed by atoms with van der Waals surface area (Å²) < 4.78 is 0. The van der Waals surface area contributed by atoms with Crippen LogP contribution in [0.2, 0.25) is 10.0 Å². The maximum absolute atomic E-state index is 9.91. The quantitative estimate of drug-likeness (QED) is 0.367. The van der Waals surface area contributed by atoms with Crippen LogP contribution in [0, 0.1) is 28.1 Å². The number of hydrogen-bond acceptors (Lipinski definition) is 3. The molecule has 0 aliphatic heterocycles. The summed E-state index contributed by atoms with van der Waals surface area (Å²) in [7, 11) is 0. The van der Waals surface area contributed by atoms with Gasteiger partial charge in [0.1, 0.15) is 0 Å². The highest BCUT2D eigenvalue weighted by atomic mass is 35.5. The molecular formula is C28H27Cl2N3. The number of rotatable bonds is 8. The predicted octanol–water partition coefficient (Wildman–Crippen LogP) is 7.46. The standard InChI is InChI=1S/C28H27Cl2N3/c1-19(33-27(28(2,3)18-32)22-9-13-25(30)14-10-22)26(16-20-7-11-24(29)12-8-20)23-6-4-5-21(15-23)17-31/h4-15,19,26-27,33H,16H2,1-3H3/t19-,26?,27-/m0/s1. The van der Waals surface area contributed by atoms with E-state index in [4.69, 9.17) is 23.2 Å². The van der Waals surface area contributed by atoms with Crippen LogP contribution in [0.25, 0.3) is 0 Å². The Kier molecular flexibility index (Phi) is 8.17. The van der Waals surface area contributed by atoms with Crippen molar-refractivity contribution in [2.24, 2.45) is 5.41 Å². The molecule has 0 heterocycles. The molecule has 3 aromatic carbocycles. The molecular weight excluding hydrogens is 449 g/mol. The number of nitriles is 2. The largest absolute Gasteiger partial charge is 0.305 e. The first-order chi connectivity index (χ1) is 15.7. The zero-order valence-electron chi connectivity index (χ0n) is 19.0. The van der Waals surface area contributed by atoms with Gasteiger partial charge < -0.3 is 5.32 Å². The van der Waals surface area contributed by atoms with E-state index in [2.05, 4.69) is 30.4 Å². The van der Waals surface area contributed by atoms with Gasteiger partial charge in [-0.05, 0) is 80.3 Å². The highest BCUT2D eigenvalue weighted by molar-refractivity contribution is 6.30. The second kappa shape index (κ2) is 10.9. The Morgan fingerprint density at radius 1 is 0.879 bits per heavy atom. The van der Waals surface area contributed by atoms with Gasteiger partial charge in [0.15, 0.2) is 0 Å². The van der Waals surface area contributed by atoms with Gasteiger partial charge in [-0.3, -0.25) is 0 Å². The summed E-state index contributed by atoms with van der Waals surface area (Å²) in [5.74, 6) is 0.0729. The number of hydrogen-bond donors (Lipinski definition) is 1. The number of nitrogens with one attached hydrogen (secondary N) is 1. The van der Waals surface area contributed by atoms with Crippen molar-refractivity contribution in [2.45, 2.75) is 45.2 Å². The smallest absolute Gasteiger partial charge is 0.0991 e. The lowest BCUT2D eigenvalue weighted by molar-refractivity contribution is 0.281. The molecule has 0 aliphatic rings. The minimum atomic E-state index is -0.651. The molecule has 3 rings (SSSR count). The van der Waals surface area contributed by atoms with Crippen LogP contribution in [0.5, 0.6) is 0 Å². The van der Waals surface area contributed by atoms with Gasteiger partial charge >= 0.3 is 0 Å². The van der Waals surface area contributed by atoms with Crippen LogP contribution in [0.1, 0.15) is 55.0 Å². The van der Waals surface area contributed by atoms with E-state index in [1.165, 1.54) is 0 Å². The molecule has 0 fully saturated rings. The fourth-order valence-electron chi connectivity index (χ4n) is 4.12. The maximum atomic E-state index is 9.91. The van der Waals surface area contributed by atoms with Gasteiger partial charge in [0, 0.05) is 22.0 Å². The van der Waals surface area contributed by atoms with Crippen molar-refractivity contribution in [1.82, 2.24) is 5.32 Å². The molecule has 0 aromatic heterocycles. The van der Waals surface area contributed by atoms with Crippen molar-refractivity contribution in [3.05, 3.63) is 105 Å². The molecule has 1 N–H and O–H groups in total. The molecule has 0 spiro atoms. The molecule has 3 aromatic rings. The van der Waals surface area contributed by atoms with Gasteiger partial charge in [0.05, 0.1) is 29.2 Å². The van der Waals surface area contributed by atoms with Crippen LogP contribution in [-0.4, -0.2) is 6.04 Å². The first kappa shape index (κ1) is 24.8. The molecule has 3 nitrogen and oxygen atoms in total. The topological polar surface area (TPSA) is 59.6 Å². The van der Waals surface area contributed by atoms with Gasteiger partial charge in [0.25, 0.3) is 0 Å². The van der Waals surface area contributed by atoms with E-state index in [1.807, 2.05) is 80.6 Å². The third kappa shape index (κ3) is 6.37. The van der Waals surface area contributed by atoms with Gasteiger partial charge in [-0.2, -0.15) is 10.5 Å². The lowest BCUT2D eigenvalue weighted by Gasteiger charge is -2.35. The van der Waals surface area contributed by atoms with E-state index in [9.17, 15) is 10.5 Å². The van der Waals surface area contributed by atoms with Crippen molar-refractivity contribution in [2.75, 3.05) is 0 Å². The summed E-state index contributed by atoms with van der Waals surface area (Å²) in [4.78, 5) is 0. The maximum Gasteiger partial charge on any atom is 0.0991 e. The minimum Gasteiger partial charge on any atom is -0.305 e. The molecule has 5 heteroatoms. The highest BCUT2D eigenvalue weighted by Crippen LogP contribution is 2.36. The minimum absolute atomic E-state index is 0.00271. The Balaban J connectivity index is 1.98. The van der Waals surface area contributed by atoms with Crippen molar-refractivity contribution in [3.63, 3.8) is 0 Å². The lowest BCUT2D eigenvalue weighted by Crippen LogP contribution is -2.42. The summed E-state index contributed by atoms with van der Waals surface area (Å²) in [6, 6.07) is 27.8. The van der Waals surface area contributed by atoms with Gasteiger partial charge in [-0.1, -0.05) is 59.6 Å². The molecule has 168 valence electrons. The Morgan fingerprint density at radius 2 is 1.48 bits per heavy atom. The van der Waals surface area contributed by atoms with E-state index >= 15 is 0 Å². The molecule has 33 heavy (non-hydrogen) atoms. The fraction of sp³-hybridized carbons (Fsp3) is 0.286. The van der Waals surface area contributed by atoms with Crippen LogP contribution in [-0.2, 0) is 6.42 Å². The molecule has 3 atom stereocenters. The van der Waals surface area contributed by atoms with Crippen molar-refractivity contribution in [3.8, 4) is 12.1 Å². The van der Waals surface area contributed by atoms with Gasteiger partial charge in [-0.25, -0.2) is 0 Å². The number of benzene rings is 3. The molecule has 0 saturated carbocycles. The molecule has 0 aliphatic carbocycles. The van der Waals surface area contributed by atoms with E-state index in [-0.39, 0.29) is 18.0 Å². The van der Waals surface area contributed by atoms with Crippen molar-refractivity contribution in [1.29, 1.82) is 10.5 Å². The Bertz CT molecular complexity index is 1160. The second-order valence-corrected chi connectivity index (χ2v) is 9.82. The SMILES string of the molecule is C[C@H](N[C@@H](c1ccc(Cl)cc1)C(C)(C)C#N)C(Cc1ccc(Cl)cc1)c1cccc(C#N)c1. The lowest BCUT2D eigenvalue weighted by atomic mass is 9.79. The first-order valence-electron chi connectivity index (χ1n) is 10.9. The number of halogens is 2. The Morgan fingerprint density at radius 3 is 2.06 bits per heavy atom. The van der Waals surface area contributed by atoms with Gasteiger partial charge in [-0.15, -0.1) is 0 Å². The van der Waals surface area contributed by atoms with E-state index in [1.54, 1.807) is 0 Å². The first-order valence-corrected chi connectivity index (χ1v) is 11.7. The molecule has 0 saturated heterocycles. The Labute approximate surface area is 206 Å². The monoisotopic (exact) mass is 475 g/mol. The molecule has 0 amide bonds. The zero-order chi connectivity index (χ0) is 24.0. The van der Waals surface area contributed by atoms with Crippen molar-refractivity contribution < 1.29 is 0 Å². The average molecular weight is 476 g/mol. The summed E-state index contributed by atoms with van der Waals surface area (Å²) in [6.07, 6.45) is 0.764. The average Bonchev–Trinajstić information content (AvgIpc) is 2.82. The summed E-state index contributed by atoms with van der Waals surface area (Å²) in [6.45, 7) is 6.02. The molecule has 0 bridgehead atoms. The molecule has 0 radical (unpaired) electrons. The third-order valence-corrected chi connectivity index (χ3v) is 6.56. The van der Waals surface area contributed by atoms with Crippen molar-refractivity contribution >= 4 is 23.2 Å². The summed E-state index contributed by atoms with van der Waals surface area (Å²) in [5.41, 5.74) is 3.22. The van der Waals surface area contributed by atoms with E-state index in [0.717, 1.165) is 23.1 Å². The summed E-state index contributed by atoms with van der Waals surface area (Å²) >= 11 is 12.2. The van der Waals surface area contributed by atoms with Crippen LogP contribution < -0.4 is 5.32 Å². The van der Waals surface area contributed by atoms with Gasteiger partial charge in [0.2, 0.25) is 0 Å². The van der Waals surface area contributed by atoms with Crippen LogP contribution in [0.4, 0.5) is 0 Å². The Hall–Kier alpha value is -2.82. The number of nitrogens with zero attached hydrogens (tertiary/aromatic N) is 2. The van der Waals surface area contributed by atoms with E-state index in [0.29, 0.717) is 15.6 Å². The van der Waals surface area contributed by atoms with Crippen LogP contribution in [0.15, 0.2) is 72.8 Å². The summed E-state index contributed by atoms with van der Waals surface area (Å²) in [5, 5.41) is 24.4. The van der Waals surface area contributed by atoms with Crippen LogP contribution in [0.3, 0.4) is 0 Å². The van der Waals surface area contributed by atoms with Crippen LogP contribution >= 0.6 is 23.2 Å². The predicted molar refractivity (Wildman–Crippen MR) is 135 cm³/mol. The second-order valence-electron chi connectivity index (χ2n) is 8.95. The molecule has 1 unspecified atom stereocenters. The fourth-order valence-corrected chi connectivity index (χ4v) is 4.37. The zero-order valence-corrected chi connectivity index (χ0v) is 20.5. The van der Waals surface area contributed by atoms with E-state index < -0.39 is 5.41 Å². The normalized spacial score (nSPS) is 14.0.